The van der Waals surface area contributed by atoms with E-state index in [-0.39, 0.29) is 0 Å². The third-order valence-electron chi connectivity index (χ3n) is 4.51. The van der Waals surface area contributed by atoms with E-state index < -0.39 is 0 Å². The molecule has 1 aliphatic heterocycles. The highest BCUT2D eigenvalue weighted by atomic mass is 15.2. The van der Waals surface area contributed by atoms with Crippen molar-refractivity contribution in [1.82, 2.24) is 15.1 Å². The van der Waals surface area contributed by atoms with Crippen LogP contribution in [0.2, 0.25) is 0 Å². The van der Waals surface area contributed by atoms with Crippen molar-refractivity contribution in [3.63, 3.8) is 0 Å². The Morgan fingerprint density at radius 3 is 3.25 bits per heavy atom. The van der Waals surface area contributed by atoms with Crippen LogP contribution in [0.3, 0.4) is 0 Å². The van der Waals surface area contributed by atoms with Crippen molar-refractivity contribution < 1.29 is 0 Å². The molecule has 3 heteroatoms. The zero-order chi connectivity index (χ0) is 11.0. The largest absolute Gasteiger partial charge is 0.313 e. The lowest BCUT2D eigenvalue weighted by Gasteiger charge is -2.17. The summed E-state index contributed by atoms with van der Waals surface area (Å²) in [5.41, 5.74) is 1.36. The Kier molecular flexibility index (Phi) is 2.72. The monoisotopic (exact) mass is 219 g/mol. The molecule has 1 saturated heterocycles. The molecule has 0 aromatic carbocycles. The maximum absolute atomic E-state index is 4.22. The summed E-state index contributed by atoms with van der Waals surface area (Å²) < 4.78 is 2.00. The standard InChI is InChI=1S/C13H21N3/c1-16-11(7-8-15-16)5-6-13-12-4-2-3-10(12)9-14-13/h7-8,10,12-14H,2-6,9H2,1H3. The Hall–Kier alpha value is -0.830. The molecule has 1 aromatic heterocycles. The Balaban J connectivity index is 1.58. The number of hydrogen-bond acceptors (Lipinski definition) is 2. The highest BCUT2D eigenvalue weighted by Gasteiger charge is 2.38. The lowest BCUT2D eigenvalue weighted by atomic mass is 9.91. The van der Waals surface area contributed by atoms with Crippen molar-refractivity contribution in [2.75, 3.05) is 6.54 Å². The van der Waals surface area contributed by atoms with Gasteiger partial charge in [0.2, 0.25) is 0 Å². The molecular weight excluding hydrogens is 198 g/mol. The fourth-order valence-corrected chi connectivity index (χ4v) is 3.57. The van der Waals surface area contributed by atoms with E-state index >= 15 is 0 Å². The van der Waals surface area contributed by atoms with Gasteiger partial charge in [-0.15, -0.1) is 0 Å². The van der Waals surface area contributed by atoms with Crippen LogP contribution in [0.25, 0.3) is 0 Å². The molecule has 1 aliphatic carbocycles. The fraction of sp³-hybridized carbons (Fsp3) is 0.769. The van der Waals surface area contributed by atoms with Gasteiger partial charge in [-0.1, -0.05) is 6.42 Å². The first-order valence-electron chi connectivity index (χ1n) is 6.55. The van der Waals surface area contributed by atoms with Crippen molar-refractivity contribution in [3.05, 3.63) is 18.0 Å². The van der Waals surface area contributed by atoms with Crippen LogP contribution in [0.5, 0.6) is 0 Å². The number of rotatable bonds is 3. The van der Waals surface area contributed by atoms with Crippen LogP contribution in [0, 0.1) is 11.8 Å². The van der Waals surface area contributed by atoms with Gasteiger partial charge in [0.1, 0.15) is 0 Å². The smallest absolute Gasteiger partial charge is 0.0492 e. The summed E-state index contributed by atoms with van der Waals surface area (Å²) >= 11 is 0. The van der Waals surface area contributed by atoms with Crippen LogP contribution in [0.1, 0.15) is 31.4 Å². The topological polar surface area (TPSA) is 29.9 Å². The predicted octanol–water partition coefficient (Wildman–Crippen LogP) is 1.74. The molecule has 1 aromatic rings. The third kappa shape index (κ3) is 1.77. The summed E-state index contributed by atoms with van der Waals surface area (Å²) in [6, 6.07) is 2.91. The molecule has 0 bridgehead atoms. The van der Waals surface area contributed by atoms with E-state index in [0.29, 0.717) is 0 Å². The maximum atomic E-state index is 4.22. The Morgan fingerprint density at radius 1 is 1.50 bits per heavy atom. The normalized spacial score (nSPS) is 33.2. The number of hydrogen-bond donors (Lipinski definition) is 1. The van der Waals surface area contributed by atoms with Crippen LogP contribution < -0.4 is 5.32 Å². The average molecular weight is 219 g/mol. The van der Waals surface area contributed by atoms with Gasteiger partial charge in [0.05, 0.1) is 0 Å². The van der Waals surface area contributed by atoms with Gasteiger partial charge in [-0.25, -0.2) is 0 Å². The molecule has 2 heterocycles. The van der Waals surface area contributed by atoms with Crippen molar-refractivity contribution in [1.29, 1.82) is 0 Å². The molecule has 3 atom stereocenters. The van der Waals surface area contributed by atoms with E-state index in [0.717, 1.165) is 24.3 Å². The van der Waals surface area contributed by atoms with Crippen LogP contribution in [0.15, 0.2) is 12.3 Å². The maximum Gasteiger partial charge on any atom is 0.0492 e. The minimum atomic E-state index is 0.766. The summed E-state index contributed by atoms with van der Waals surface area (Å²) in [5.74, 6) is 1.95. The molecule has 3 rings (SSSR count). The lowest BCUT2D eigenvalue weighted by Crippen LogP contribution is -2.27. The molecule has 3 unspecified atom stereocenters. The number of nitrogens with zero attached hydrogens (tertiary/aromatic N) is 2. The number of aryl methyl sites for hydroxylation is 2. The van der Waals surface area contributed by atoms with Gasteiger partial charge < -0.3 is 5.32 Å². The molecule has 88 valence electrons. The molecular formula is C13H21N3. The first-order valence-corrected chi connectivity index (χ1v) is 6.55. The molecule has 0 spiro atoms. The van der Waals surface area contributed by atoms with E-state index in [4.69, 9.17) is 0 Å². The first-order chi connectivity index (χ1) is 7.84. The van der Waals surface area contributed by atoms with Crippen molar-refractivity contribution >= 4 is 0 Å². The van der Waals surface area contributed by atoms with E-state index in [9.17, 15) is 0 Å². The molecule has 1 saturated carbocycles. The summed E-state index contributed by atoms with van der Waals surface area (Å²) in [5, 5.41) is 7.94. The highest BCUT2D eigenvalue weighted by Crippen LogP contribution is 2.38. The second-order valence-electron chi connectivity index (χ2n) is 5.35. The van der Waals surface area contributed by atoms with E-state index in [1.165, 1.54) is 37.9 Å². The SMILES string of the molecule is Cn1nccc1CCC1NCC2CCCC21. The summed E-state index contributed by atoms with van der Waals surface area (Å²) in [6.07, 6.45) is 8.71. The van der Waals surface area contributed by atoms with Gasteiger partial charge in [-0.3, -0.25) is 4.68 Å². The van der Waals surface area contributed by atoms with Gasteiger partial charge in [0.15, 0.2) is 0 Å². The predicted molar refractivity (Wildman–Crippen MR) is 64.2 cm³/mol. The average Bonchev–Trinajstić information content (AvgIpc) is 2.92. The molecule has 0 amide bonds. The van der Waals surface area contributed by atoms with E-state index in [1.807, 2.05) is 17.9 Å². The number of fused-ring (bicyclic) bond motifs is 1. The quantitative estimate of drug-likeness (QED) is 0.839. The zero-order valence-corrected chi connectivity index (χ0v) is 10.0. The van der Waals surface area contributed by atoms with Crippen LogP contribution in [-0.4, -0.2) is 22.4 Å². The van der Waals surface area contributed by atoms with E-state index in [1.54, 1.807) is 0 Å². The Bertz CT molecular complexity index is 358. The summed E-state index contributed by atoms with van der Waals surface area (Å²) in [4.78, 5) is 0. The van der Waals surface area contributed by atoms with Crippen LogP contribution in [-0.2, 0) is 13.5 Å². The highest BCUT2D eigenvalue weighted by molar-refractivity contribution is 5.02. The zero-order valence-electron chi connectivity index (χ0n) is 10.0. The van der Waals surface area contributed by atoms with Crippen molar-refractivity contribution in [3.8, 4) is 0 Å². The molecule has 0 radical (unpaired) electrons. The van der Waals surface area contributed by atoms with Gasteiger partial charge in [0, 0.05) is 25.0 Å². The van der Waals surface area contributed by atoms with Crippen molar-refractivity contribution in [2.45, 2.75) is 38.1 Å². The van der Waals surface area contributed by atoms with Gasteiger partial charge >= 0.3 is 0 Å². The molecule has 16 heavy (non-hydrogen) atoms. The molecule has 2 aliphatic rings. The summed E-state index contributed by atoms with van der Waals surface area (Å²) in [6.45, 7) is 1.26. The number of nitrogens with one attached hydrogen (secondary N) is 1. The Labute approximate surface area is 97.2 Å². The van der Waals surface area contributed by atoms with E-state index in [2.05, 4.69) is 16.5 Å². The van der Waals surface area contributed by atoms with Gasteiger partial charge in [0.25, 0.3) is 0 Å². The van der Waals surface area contributed by atoms with Gasteiger partial charge in [-0.2, -0.15) is 5.10 Å². The van der Waals surface area contributed by atoms with Gasteiger partial charge in [-0.05, 0) is 50.1 Å². The summed E-state index contributed by atoms with van der Waals surface area (Å²) in [7, 11) is 2.04. The van der Waals surface area contributed by atoms with Crippen LogP contribution in [0.4, 0.5) is 0 Å². The minimum Gasteiger partial charge on any atom is -0.313 e. The minimum absolute atomic E-state index is 0.766. The number of aromatic nitrogens is 2. The lowest BCUT2D eigenvalue weighted by molar-refractivity contribution is 0.391. The van der Waals surface area contributed by atoms with Crippen LogP contribution >= 0.6 is 0 Å². The fourth-order valence-electron chi connectivity index (χ4n) is 3.57. The Morgan fingerprint density at radius 2 is 2.44 bits per heavy atom. The molecule has 1 N–H and O–H groups in total. The van der Waals surface area contributed by atoms with Crippen molar-refractivity contribution in [2.24, 2.45) is 18.9 Å². The molecule has 2 fully saturated rings. The third-order valence-corrected chi connectivity index (χ3v) is 4.51. The second kappa shape index (κ2) is 4.21. The molecule has 3 nitrogen and oxygen atoms in total. The first kappa shape index (κ1) is 10.3. The second-order valence-corrected chi connectivity index (χ2v) is 5.35.